The minimum atomic E-state index is -0.156. The van der Waals surface area contributed by atoms with E-state index in [-0.39, 0.29) is 5.78 Å². The second-order valence-corrected chi connectivity index (χ2v) is 3.77. The van der Waals surface area contributed by atoms with E-state index in [2.05, 4.69) is 0 Å². The van der Waals surface area contributed by atoms with Crippen LogP contribution in [0.5, 0.6) is 0 Å². The van der Waals surface area contributed by atoms with Crippen molar-refractivity contribution >= 4 is 11.9 Å². The molecule has 0 radical (unpaired) electrons. The zero-order valence-corrected chi connectivity index (χ0v) is 9.71. The van der Waals surface area contributed by atoms with E-state index < -0.39 is 0 Å². The number of nitriles is 1. The van der Waals surface area contributed by atoms with Crippen molar-refractivity contribution in [1.29, 1.82) is 5.26 Å². The van der Waals surface area contributed by atoms with Crippen LogP contribution in [0.1, 0.15) is 21.5 Å². The summed E-state index contributed by atoms with van der Waals surface area (Å²) < 4.78 is 0. The van der Waals surface area contributed by atoms with Gasteiger partial charge in [0.25, 0.3) is 0 Å². The van der Waals surface area contributed by atoms with Gasteiger partial charge >= 0.3 is 0 Å². The minimum absolute atomic E-state index is 0.156. The van der Waals surface area contributed by atoms with E-state index in [0.29, 0.717) is 11.1 Å². The second kappa shape index (κ2) is 5.60. The maximum Gasteiger partial charge on any atom is 0.187 e. The topological polar surface area (TPSA) is 40.9 Å². The fourth-order valence-corrected chi connectivity index (χ4v) is 1.62. The molecule has 0 heterocycles. The molecule has 0 aromatic heterocycles. The molecule has 2 rings (SSSR count). The summed E-state index contributed by atoms with van der Waals surface area (Å²) in [6, 6.07) is 18.4. The van der Waals surface area contributed by atoms with Gasteiger partial charge < -0.3 is 0 Å². The van der Waals surface area contributed by atoms with Crippen LogP contribution < -0.4 is 0 Å². The van der Waals surface area contributed by atoms with Gasteiger partial charge in [-0.3, -0.25) is 4.79 Å². The van der Waals surface area contributed by atoms with E-state index >= 15 is 0 Å². The molecule has 0 amide bonds. The minimum Gasteiger partial charge on any atom is -0.289 e. The van der Waals surface area contributed by atoms with Crippen LogP contribution in [-0.2, 0) is 0 Å². The highest BCUT2D eigenvalue weighted by Gasteiger charge is 2.06. The summed E-state index contributed by atoms with van der Waals surface area (Å²) in [7, 11) is 0. The molecule has 0 aliphatic rings. The Kier molecular flexibility index (Phi) is 3.68. The lowest BCUT2D eigenvalue weighted by Crippen LogP contribution is -1.97. The highest BCUT2D eigenvalue weighted by Crippen LogP contribution is 2.10. The number of allylic oxidation sites excluding steroid dienone is 1. The Hall–Kier alpha value is -2.66. The zero-order chi connectivity index (χ0) is 12.8. The molecule has 0 N–H and O–H groups in total. The third kappa shape index (κ3) is 2.72. The lowest BCUT2D eigenvalue weighted by molar-refractivity contribution is 0.104. The number of nitrogens with zero attached hydrogens (tertiary/aromatic N) is 1. The van der Waals surface area contributed by atoms with Gasteiger partial charge in [-0.1, -0.05) is 48.5 Å². The first-order chi connectivity index (χ1) is 8.81. The first kappa shape index (κ1) is 11.8. The van der Waals surface area contributed by atoms with Crippen molar-refractivity contribution in [3.63, 3.8) is 0 Å². The van der Waals surface area contributed by atoms with Crippen molar-refractivity contribution < 1.29 is 4.79 Å². The van der Waals surface area contributed by atoms with Crippen molar-refractivity contribution in [3.8, 4) is 6.07 Å². The molecule has 2 aromatic rings. The van der Waals surface area contributed by atoms with Crippen LogP contribution >= 0.6 is 0 Å². The van der Waals surface area contributed by atoms with E-state index in [0.717, 1.165) is 5.56 Å². The molecular weight excluding hydrogens is 222 g/mol. The standard InChI is InChI=1S/C16H11NO/c17-12-14-8-4-5-9-15(14)16(18)11-10-13-6-2-1-3-7-13/h1-11H. The Morgan fingerprint density at radius 2 is 1.67 bits per heavy atom. The van der Waals surface area contributed by atoms with Crippen LogP contribution in [-0.4, -0.2) is 5.78 Å². The molecule has 2 heteroatoms. The molecular formula is C16H11NO. The van der Waals surface area contributed by atoms with Crippen molar-refractivity contribution in [2.24, 2.45) is 0 Å². The summed E-state index contributed by atoms with van der Waals surface area (Å²) in [5.41, 5.74) is 1.80. The van der Waals surface area contributed by atoms with E-state index in [1.807, 2.05) is 36.4 Å². The van der Waals surface area contributed by atoms with Crippen molar-refractivity contribution in [1.82, 2.24) is 0 Å². The van der Waals surface area contributed by atoms with Gasteiger partial charge in [-0.25, -0.2) is 0 Å². The molecule has 0 spiro atoms. The summed E-state index contributed by atoms with van der Waals surface area (Å²) in [5.74, 6) is -0.156. The number of carbonyl (C=O) groups is 1. The maximum atomic E-state index is 12.0. The lowest BCUT2D eigenvalue weighted by atomic mass is 10.0. The van der Waals surface area contributed by atoms with Crippen molar-refractivity contribution in [2.75, 3.05) is 0 Å². The number of hydrogen-bond acceptors (Lipinski definition) is 2. The van der Waals surface area contributed by atoms with Gasteiger partial charge in [-0.15, -0.1) is 0 Å². The van der Waals surface area contributed by atoms with Gasteiger partial charge in [0.05, 0.1) is 11.6 Å². The Labute approximate surface area is 106 Å². The Morgan fingerprint density at radius 1 is 1.00 bits per heavy atom. The molecule has 0 bridgehead atoms. The third-order valence-electron chi connectivity index (χ3n) is 2.54. The fourth-order valence-electron chi connectivity index (χ4n) is 1.62. The van der Waals surface area contributed by atoms with Crippen LogP contribution in [0.4, 0.5) is 0 Å². The number of carbonyl (C=O) groups excluding carboxylic acids is 1. The van der Waals surface area contributed by atoms with Gasteiger partial charge in [0.15, 0.2) is 5.78 Å². The smallest absolute Gasteiger partial charge is 0.187 e. The summed E-state index contributed by atoms with van der Waals surface area (Å²) >= 11 is 0. The number of ketones is 1. The first-order valence-corrected chi connectivity index (χ1v) is 5.58. The zero-order valence-electron chi connectivity index (χ0n) is 9.71. The Balaban J connectivity index is 2.23. The molecule has 86 valence electrons. The third-order valence-corrected chi connectivity index (χ3v) is 2.54. The number of benzene rings is 2. The van der Waals surface area contributed by atoms with Crippen LogP contribution in [0.25, 0.3) is 6.08 Å². The monoisotopic (exact) mass is 233 g/mol. The van der Waals surface area contributed by atoms with Gasteiger partial charge in [-0.05, 0) is 23.8 Å². The average Bonchev–Trinajstić information content (AvgIpc) is 2.45. The quantitative estimate of drug-likeness (QED) is 0.601. The summed E-state index contributed by atoms with van der Waals surface area (Å²) in [6.45, 7) is 0. The highest BCUT2D eigenvalue weighted by atomic mass is 16.1. The SMILES string of the molecule is N#Cc1ccccc1C(=O)C=Cc1ccccc1. The second-order valence-electron chi connectivity index (χ2n) is 3.77. The fraction of sp³-hybridized carbons (Fsp3) is 0. The predicted octanol–water partition coefficient (Wildman–Crippen LogP) is 3.45. The summed E-state index contributed by atoms with van der Waals surface area (Å²) in [6.07, 6.45) is 3.24. The Bertz CT molecular complexity index is 621. The Morgan fingerprint density at radius 3 is 2.39 bits per heavy atom. The number of hydrogen-bond donors (Lipinski definition) is 0. The lowest BCUT2D eigenvalue weighted by Gasteiger charge is -1.98. The average molecular weight is 233 g/mol. The van der Waals surface area contributed by atoms with Gasteiger partial charge in [0.2, 0.25) is 0 Å². The molecule has 18 heavy (non-hydrogen) atoms. The molecule has 2 nitrogen and oxygen atoms in total. The van der Waals surface area contributed by atoms with Crippen LogP contribution in [0.3, 0.4) is 0 Å². The molecule has 0 atom stereocenters. The predicted molar refractivity (Wildman–Crippen MR) is 71.0 cm³/mol. The molecule has 0 aliphatic heterocycles. The molecule has 0 aliphatic carbocycles. The largest absolute Gasteiger partial charge is 0.289 e. The van der Waals surface area contributed by atoms with Gasteiger partial charge in [0, 0.05) is 5.56 Å². The normalized spacial score (nSPS) is 10.2. The van der Waals surface area contributed by atoms with Gasteiger partial charge in [-0.2, -0.15) is 5.26 Å². The maximum absolute atomic E-state index is 12.0. The highest BCUT2D eigenvalue weighted by molar-refractivity contribution is 6.08. The first-order valence-electron chi connectivity index (χ1n) is 5.58. The number of rotatable bonds is 3. The van der Waals surface area contributed by atoms with E-state index in [1.54, 1.807) is 30.3 Å². The van der Waals surface area contributed by atoms with E-state index in [1.165, 1.54) is 6.08 Å². The van der Waals surface area contributed by atoms with Crippen LogP contribution in [0.15, 0.2) is 60.7 Å². The molecule has 0 saturated heterocycles. The summed E-state index contributed by atoms with van der Waals surface area (Å²) in [4.78, 5) is 12.0. The summed E-state index contributed by atoms with van der Waals surface area (Å²) in [5, 5.41) is 8.93. The van der Waals surface area contributed by atoms with Crippen LogP contribution in [0.2, 0.25) is 0 Å². The van der Waals surface area contributed by atoms with E-state index in [9.17, 15) is 4.79 Å². The van der Waals surface area contributed by atoms with Crippen molar-refractivity contribution in [3.05, 3.63) is 77.4 Å². The molecule has 0 unspecified atom stereocenters. The van der Waals surface area contributed by atoms with E-state index in [4.69, 9.17) is 5.26 Å². The molecule has 0 saturated carbocycles. The van der Waals surface area contributed by atoms with Crippen LogP contribution in [0, 0.1) is 11.3 Å². The van der Waals surface area contributed by atoms with Crippen molar-refractivity contribution in [2.45, 2.75) is 0 Å². The molecule has 2 aromatic carbocycles. The molecule has 0 fully saturated rings. The van der Waals surface area contributed by atoms with Gasteiger partial charge in [0.1, 0.15) is 0 Å².